The van der Waals surface area contributed by atoms with Gasteiger partial charge in [0.05, 0.1) is 29.9 Å². The van der Waals surface area contributed by atoms with E-state index in [2.05, 4.69) is 10.3 Å². The van der Waals surface area contributed by atoms with Gasteiger partial charge in [-0.05, 0) is 49.6 Å². The van der Waals surface area contributed by atoms with Crippen molar-refractivity contribution in [2.75, 3.05) is 20.3 Å². The maximum Gasteiger partial charge on any atom is 0.279 e. The molecule has 10 nitrogen and oxygen atoms in total. The SMILES string of the molecule is COC[C@H]1CN(Cc2cnnn2C(=O)c2ccccc2)C(=O)C2CCCC1N2S(=O)(=O)c1cccc(F)c1. The van der Waals surface area contributed by atoms with Gasteiger partial charge in [-0.2, -0.15) is 8.99 Å². The number of carbonyl (C=O) groups excluding carboxylic acids is 2. The standard InChI is InChI=1S/C26H28FN5O5S/c1-37-17-19-15-30(16-21-14-28-29-31(21)25(33)18-7-3-2-4-8-18)26(34)24-12-6-11-23(19)32(24)38(35,36)22-10-5-9-20(27)13-22/h2-5,7-10,13-14,19,23-24H,6,11-12,15-17H2,1H3/t19-,23?,24?/m1/s1. The number of aromatic nitrogens is 3. The van der Waals surface area contributed by atoms with Crippen LogP contribution in [0.25, 0.3) is 0 Å². The van der Waals surface area contributed by atoms with Crippen molar-refractivity contribution in [3.63, 3.8) is 0 Å². The lowest BCUT2D eigenvalue weighted by Gasteiger charge is -2.40. The molecule has 3 heterocycles. The first-order valence-corrected chi connectivity index (χ1v) is 13.8. The van der Waals surface area contributed by atoms with E-state index >= 15 is 0 Å². The van der Waals surface area contributed by atoms with E-state index in [0.717, 1.165) is 10.7 Å². The summed E-state index contributed by atoms with van der Waals surface area (Å²) in [7, 11) is -2.66. The van der Waals surface area contributed by atoms with Crippen molar-refractivity contribution in [2.24, 2.45) is 5.92 Å². The van der Waals surface area contributed by atoms with Gasteiger partial charge in [-0.1, -0.05) is 29.5 Å². The largest absolute Gasteiger partial charge is 0.384 e. The van der Waals surface area contributed by atoms with E-state index in [1.54, 1.807) is 35.2 Å². The van der Waals surface area contributed by atoms with Crippen LogP contribution in [0.2, 0.25) is 0 Å². The summed E-state index contributed by atoms with van der Waals surface area (Å²) in [5, 5.41) is 7.84. The zero-order chi connectivity index (χ0) is 26.9. The molecule has 1 amide bonds. The quantitative estimate of drug-likeness (QED) is 0.451. The number of sulfonamides is 1. The van der Waals surface area contributed by atoms with Gasteiger partial charge in [0.15, 0.2) is 0 Å². The van der Waals surface area contributed by atoms with Crippen molar-refractivity contribution in [1.29, 1.82) is 0 Å². The molecule has 0 N–H and O–H groups in total. The van der Waals surface area contributed by atoms with Crippen molar-refractivity contribution in [3.05, 3.63) is 77.9 Å². The van der Waals surface area contributed by atoms with E-state index in [1.807, 2.05) is 0 Å². The van der Waals surface area contributed by atoms with Gasteiger partial charge in [-0.25, -0.2) is 12.8 Å². The van der Waals surface area contributed by atoms with E-state index in [9.17, 15) is 22.4 Å². The molecule has 2 aliphatic rings. The van der Waals surface area contributed by atoms with Gasteiger partial charge in [0.1, 0.15) is 11.9 Å². The molecule has 2 saturated heterocycles. The number of nitrogens with zero attached hydrogens (tertiary/aromatic N) is 5. The predicted molar refractivity (Wildman–Crippen MR) is 134 cm³/mol. The molecule has 2 aliphatic heterocycles. The lowest BCUT2D eigenvalue weighted by atomic mass is 9.91. The lowest BCUT2D eigenvalue weighted by molar-refractivity contribution is -0.135. The molecule has 0 saturated carbocycles. The van der Waals surface area contributed by atoms with Crippen LogP contribution in [0, 0.1) is 11.7 Å². The molecular weight excluding hydrogens is 513 g/mol. The van der Waals surface area contributed by atoms with Crippen LogP contribution in [0.5, 0.6) is 0 Å². The van der Waals surface area contributed by atoms with Gasteiger partial charge in [-0.3, -0.25) is 9.59 Å². The van der Waals surface area contributed by atoms with Gasteiger partial charge in [0.25, 0.3) is 5.91 Å². The number of piperidine rings is 1. The van der Waals surface area contributed by atoms with E-state index < -0.39 is 27.9 Å². The second-order valence-corrected chi connectivity index (χ2v) is 11.4. The maximum absolute atomic E-state index is 14.0. The van der Waals surface area contributed by atoms with Gasteiger partial charge in [-0.15, -0.1) is 5.10 Å². The molecule has 3 aromatic rings. The molecule has 2 fully saturated rings. The highest BCUT2D eigenvalue weighted by atomic mass is 32.2. The highest BCUT2D eigenvalue weighted by molar-refractivity contribution is 7.89. The number of methoxy groups -OCH3 is 1. The maximum atomic E-state index is 14.0. The number of halogens is 1. The highest BCUT2D eigenvalue weighted by Gasteiger charge is 2.50. The van der Waals surface area contributed by atoms with Crippen molar-refractivity contribution in [2.45, 2.75) is 42.8 Å². The first-order valence-electron chi connectivity index (χ1n) is 12.4. The zero-order valence-electron chi connectivity index (χ0n) is 20.8. The summed E-state index contributed by atoms with van der Waals surface area (Å²) in [6.07, 6.45) is 2.97. The van der Waals surface area contributed by atoms with Crippen LogP contribution in [0.3, 0.4) is 0 Å². The van der Waals surface area contributed by atoms with E-state index in [4.69, 9.17) is 4.74 Å². The Morgan fingerprint density at radius 3 is 2.66 bits per heavy atom. The van der Waals surface area contributed by atoms with Gasteiger partial charge in [0.2, 0.25) is 15.9 Å². The molecule has 12 heteroatoms. The van der Waals surface area contributed by atoms with Crippen LogP contribution >= 0.6 is 0 Å². The number of hydrogen-bond donors (Lipinski definition) is 0. The Morgan fingerprint density at radius 2 is 1.92 bits per heavy atom. The van der Waals surface area contributed by atoms with Gasteiger partial charge >= 0.3 is 0 Å². The minimum absolute atomic E-state index is 0.0156. The average Bonchev–Trinajstić information content (AvgIpc) is 3.37. The number of carbonyl (C=O) groups is 2. The summed E-state index contributed by atoms with van der Waals surface area (Å²) >= 11 is 0. The normalized spacial score (nSPS) is 22.3. The minimum atomic E-state index is -4.19. The number of fused-ring (bicyclic) bond motifs is 2. The topological polar surface area (TPSA) is 115 Å². The van der Waals surface area contributed by atoms with Crippen LogP contribution < -0.4 is 0 Å². The second-order valence-electron chi connectivity index (χ2n) is 9.55. The summed E-state index contributed by atoms with van der Waals surface area (Å²) in [6.45, 7) is 0.451. The molecular formula is C26H28FN5O5S. The summed E-state index contributed by atoms with van der Waals surface area (Å²) in [4.78, 5) is 28.3. The molecule has 2 bridgehead atoms. The Bertz CT molecular complexity index is 1430. The Hall–Kier alpha value is -3.48. The van der Waals surface area contributed by atoms with Crippen LogP contribution in [0.1, 0.15) is 35.3 Å². The monoisotopic (exact) mass is 541 g/mol. The predicted octanol–water partition coefficient (Wildman–Crippen LogP) is 2.32. The van der Waals surface area contributed by atoms with Gasteiger partial charge < -0.3 is 9.64 Å². The Kier molecular flexibility index (Phi) is 7.37. The molecule has 3 atom stereocenters. The van der Waals surface area contributed by atoms with Crippen molar-refractivity contribution >= 4 is 21.8 Å². The van der Waals surface area contributed by atoms with Gasteiger partial charge in [0, 0.05) is 31.2 Å². The number of benzene rings is 2. The minimum Gasteiger partial charge on any atom is -0.384 e. The first-order chi connectivity index (χ1) is 18.3. The second kappa shape index (κ2) is 10.7. The zero-order valence-corrected chi connectivity index (χ0v) is 21.6. The Morgan fingerprint density at radius 1 is 1.13 bits per heavy atom. The highest BCUT2D eigenvalue weighted by Crippen LogP contribution is 2.37. The fourth-order valence-corrected chi connectivity index (χ4v) is 7.36. The third kappa shape index (κ3) is 4.86. The molecule has 0 radical (unpaired) electrons. The van der Waals surface area contributed by atoms with Crippen molar-refractivity contribution in [1.82, 2.24) is 24.2 Å². The van der Waals surface area contributed by atoms with Crippen LogP contribution in [-0.2, 0) is 26.1 Å². The van der Waals surface area contributed by atoms with E-state index in [-0.39, 0.29) is 42.3 Å². The third-order valence-electron chi connectivity index (χ3n) is 7.15. The Labute approximate surface area is 220 Å². The number of amides is 1. The van der Waals surface area contributed by atoms with Crippen molar-refractivity contribution < 1.29 is 27.1 Å². The molecule has 5 rings (SSSR count). The molecule has 0 spiro atoms. The number of ether oxygens (including phenoxy) is 1. The summed E-state index contributed by atoms with van der Waals surface area (Å²) in [5.41, 5.74) is 0.821. The molecule has 2 aromatic carbocycles. The lowest BCUT2D eigenvalue weighted by Crippen LogP contribution is -2.55. The summed E-state index contributed by atoms with van der Waals surface area (Å²) in [6, 6.07) is 12.0. The molecule has 1 aromatic heterocycles. The van der Waals surface area contributed by atoms with Crippen LogP contribution in [0.15, 0.2) is 65.7 Å². The van der Waals surface area contributed by atoms with E-state index in [1.165, 1.54) is 35.8 Å². The third-order valence-corrected chi connectivity index (χ3v) is 9.08. The molecule has 200 valence electrons. The van der Waals surface area contributed by atoms with E-state index in [0.29, 0.717) is 30.5 Å². The number of rotatable bonds is 7. The molecule has 38 heavy (non-hydrogen) atoms. The molecule has 0 aliphatic carbocycles. The smallest absolute Gasteiger partial charge is 0.279 e. The fourth-order valence-electron chi connectivity index (χ4n) is 5.44. The molecule has 2 unspecified atom stereocenters. The fraction of sp³-hybridized carbons (Fsp3) is 0.385. The van der Waals surface area contributed by atoms with Crippen LogP contribution in [0.4, 0.5) is 4.39 Å². The Balaban J connectivity index is 1.50. The number of hydrogen-bond acceptors (Lipinski definition) is 7. The van der Waals surface area contributed by atoms with Crippen molar-refractivity contribution in [3.8, 4) is 0 Å². The summed E-state index contributed by atoms with van der Waals surface area (Å²) < 4.78 is 49.5. The van der Waals surface area contributed by atoms with Crippen LogP contribution in [-0.4, -0.2) is 76.8 Å². The summed E-state index contributed by atoms with van der Waals surface area (Å²) in [5.74, 6) is -1.78. The average molecular weight is 542 g/mol. The first kappa shape index (κ1) is 26.1.